The number of rotatable bonds is 8. The number of hydrogen-bond acceptors (Lipinski definition) is 6. The smallest absolute Gasteiger partial charge is 0.203 e. The lowest BCUT2D eigenvalue weighted by atomic mass is 10.0. The van der Waals surface area contributed by atoms with Gasteiger partial charge in [-0.25, -0.2) is 0 Å². The predicted molar refractivity (Wildman–Crippen MR) is 131 cm³/mol. The second-order valence-corrected chi connectivity index (χ2v) is 9.46. The van der Waals surface area contributed by atoms with Crippen LogP contribution in [0.25, 0.3) is 0 Å². The SMILES string of the molecule is COc1cc(C(c2ccc(Cl)s2)N2CCCNCC2)cc(OC)c1OCc1ccccc1. The first-order valence-corrected chi connectivity index (χ1v) is 12.0. The molecule has 5 nitrogen and oxygen atoms in total. The molecular weight excluding hydrogens is 444 g/mol. The second kappa shape index (κ2) is 11.1. The highest BCUT2D eigenvalue weighted by Gasteiger charge is 2.27. The fraction of sp³-hybridized carbons (Fsp3) is 0.360. The van der Waals surface area contributed by atoms with Crippen molar-refractivity contribution in [2.24, 2.45) is 0 Å². The molecule has 1 saturated heterocycles. The van der Waals surface area contributed by atoms with Crippen LogP contribution in [0.5, 0.6) is 17.2 Å². The van der Waals surface area contributed by atoms with Crippen molar-refractivity contribution in [3.8, 4) is 17.2 Å². The van der Waals surface area contributed by atoms with Gasteiger partial charge in [0.25, 0.3) is 0 Å². The molecule has 2 heterocycles. The van der Waals surface area contributed by atoms with Crippen molar-refractivity contribution in [2.45, 2.75) is 19.1 Å². The highest BCUT2D eigenvalue weighted by molar-refractivity contribution is 7.16. The maximum absolute atomic E-state index is 6.32. The van der Waals surface area contributed by atoms with Crippen LogP contribution < -0.4 is 19.5 Å². The molecule has 1 fully saturated rings. The molecule has 0 aliphatic carbocycles. The predicted octanol–water partition coefficient (Wildman–Crippen LogP) is 5.38. The van der Waals surface area contributed by atoms with Gasteiger partial charge in [0.2, 0.25) is 5.75 Å². The molecule has 1 aromatic heterocycles. The number of nitrogens with zero attached hydrogens (tertiary/aromatic N) is 1. The Hall–Kier alpha value is -2.25. The number of ether oxygens (including phenoxy) is 3. The molecule has 2 aromatic carbocycles. The van der Waals surface area contributed by atoms with Gasteiger partial charge in [-0.2, -0.15) is 0 Å². The van der Waals surface area contributed by atoms with Crippen LogP contribution in [0.15, 0.2) is 54.6 Å². The molecule has 0 spiro atoms. The van der Waals surface area contributed by atoms with Crippen LogP contribution >= 0.6 is 22.9 Å². The summed E-state index contributed by atoms with van der Waals surface area (Å²) in [6, 6.07) is 18.4. The Morgan fingerprint density at radius 2 is 1.75 bits per heavy atom. The molecule has 0 saturated carbocycles. The van der Waals surface area contributed by atoms with Gasteiger partial charge in [0, 0.05) is 24.5 Å². The normalized spacial score (nSPS) is 15.7. The van der Waals surface area contributed by atoms with Crippen molar-refractivity contribution < 1.29 is 14.2 Å². The molecule has 3 aromatic rings. The Morgan fingerprint density at radius 3 is 2.41 bits per heavy atom. The van der Waals surface area contributed by atoms with Crippen LogP contribution in [-0.4, -0.2) is 45.3 Å². The quantitative estimate of drug-likeness (QED) is 0.476. The van der Waals surface area contributed by atoms with Crippen LogP contribution in [0.3, 0.4) is 0 Å². The molecule has 1 unspecified atom stereocenters. The van der Waals surface area contributed by atoms with Gasteiger partial charge < -0.3 is 19.5 Å². The van der Waals surface area contributed by atoms with Gasteiger partial charge in [-0.05, 0) is 48.4 Å². The average Bonchev–Trinajstić information content (AvgIpc) is 3.07. The molecular formula is C25H29ClN2O3S. The van der Waals surface area contributed by atoms with Crippen LogP contribution in [0, 0.1) is 0 Å². The van der Waals surface area contributed by atoms with E-state index in [0.29, 0.717) is 23.9 Å². The molecule has 4 rings (SSSR count). The summed E-state index contributed by atoms with van der Waals surface area (Å²) >= 11 is 7.94. The molecule has 1 aliphatic rings. The number of nitrogens with one attached hydrogen (secondary N) is 1. The first-order chi connectivity index (χ1) is 15.7. The molecule has 0 bridgehead atoms. The van der Waals surface area contributed by atoms with E-state index in [0.717, 1.165) is 48.1 Å². The molecule has 0 radical (unpaired) electrons. The lowest BCUT2D eigenvalue weighted by Crippen LogP contribution is -2.32. The summed E-state index contributed by atoms with van der Waals surface area (Å²) < 4.78 is 18.5. The molecule has 1 aliphatic heterocycles. The summed E-state index contributed by atoms with van der Waals surface area (Å²) in [5.41, 5.74) is 2.19. The van der Waals surface area contributed by atoms with Crippen molar-refractivity contribution in [1.29, 1.82) is 0 Å². The average molecular weight is 473 g/mol. The lowest BCUT2D eigenvalue weighted by molar-refractivity contribution is 0.240. The highest BCUT2D eigenvalue weighted by Crippen LogP contribution is 2.44. The van der Waals surface area contributed by atoms with Crippen molar-refractivity contribution in [3.05, 3.63) is 74.9 Å². The number of hydrogen-bond donors (Lipinski definition) is 1. The maximum atomic E-state index is 6.32. The van der Waals surface area contributed by atoms with Gasteiger partial charge in [-0.3, -0.25) is 4.90 Å². The van der Waals surface area contributed by atoms with E-state index >= 15 is 0 Å². The Bertz CT molecular complexity index is 978. The summed E-state index contributed by atoms with van der Waals surface area (Å²) in [6.45, 7) is 4.39. The minimum absolute atomic E-state index is 0.0679. The van der Waals surface area contributed by atoms with E-state index in [1.165, 1.54) is 4.88 Å². The van der Waals surface area contributed by atoms with Gasteiger partial charge in [0.1, 0.15) is 6.61 Å². The van der Waals surface area contributed by atoms with Crippen molar-refractivity contribution in [1.82, 2.24) is 10.2 Å². The zero-order valence-electron chi connectivity index (χ0n) is 18.5. The van der Waals surface area contributed by atoms with Crippen molar-refractivity contribution in [2.75, 3.05) is 40.4 Å². The fourth-order valence-corrected chi connectivity index (χ4v) is 5.31. The van der Waals surface area contributed by atoms with Gasteiger partial charge in [-0.1, -0.05) is 41.9 Å². The minimum atomic E-state index is 0.0679. The number of methoxy groups -OCH3 is 2. The lowest BCUT2D eigenvalue weighted by Gasteiger charge is -2.31. The molecule has 0 amide bonds. The summed E-state index contributed by atoms with van der Waals surface area (Å²) in [5, 5.41) is 3.49. The maximum Gasteiger partial charge on any atom is 0.203 e. The third-order valence-electron chi connectivity index (χ3n) is 5.63. The van der Waals surface area contributed by atoms with E-state index in [9.17, 15) is 0 Å². The van der Waals surface area contributed by atoms with Gasteiger partial charge in [0.05, 0.1) is 24.6 Å². The monoisotopic (exact) mass is 472 g/mol. The first-order valence-electron chi connectivity index (χ1n) is 10.8. The first kappa shape index (κ1) is 22.9. The van der Waals surface area contributed by atoms with Gasteiger partial charge in [-0.15, -0.1) is 11.3 Å². The van der Waals surface area contributed by atoms with Crippen molar-refractivity contribution in [3.63, 3.8) is 0 Å². The van der Waals surface area contributed by atoms with E-state index in [-0.39, 0.29) is 6.04 Å². The molecule has 170 valence electrons. The van der Waals surface area contributed by atoms with Gasteiger partial charge >= 0.3 is 0 Å². The van der Waals surface area contributed by atoms with Gasteiger partial charge in [0.15, 0.2) is 11.5 Å². The third-order valence-corrected chi connectivity index (χ3v) is 6.91. The summed E-state index contributed by atoms with van der Waals surface area (Å²) in [6.07, 6.45) is 1.10. The topological polar surface area (TPSA) is 43.0 Å². The minimum Gasteiger partial charge on any atom is -0.493 e. The van der Waals surface area contributed by atoms with E-state index in [4.69, 9.17) is 25.8 Å². The van der Waals surface area contributed by atoms with Crippen molar-refractivity contribution >= 4 is 22.9 Å². The zero-order chi connectivity index (χ0) is 22.3. The largest absolute Gasteiger partial charge is 0.493 e. The Kier molecular flexibility index (Phi) is 7.92. The van der Waals surface area contributed by atoms with E-state index < -0.39 is 0 Å². The standard InChI is InChI=1S/C25H29ClN2O3S/c1-29-20-15-19(16-21(30-2)25(20)31-17-18-7-4-3-5-8-18)24(22-9-10-23(26)32-22)28-13-6-11-27-12-14-28/h3-5,7-10,15-16,24,27H,6,11-14,17H2,1-2H3. The van der Waals surface area contributed by atoms with Crippen LogP contribution in [-0.2, 0) is 6.61 Å². The fourth-order valence-electron chi connectivity index (χ4n) is 4.09. The van der Waals surface area contributed by atoms with E-state index in [1.54, 1.807) is 25.6 Å². The summed E-state index contributed by atoms with van der Waals surface area (Å²) in [7, 11) is 3.33. The zero-order valence-corrected chi connectivity index (χ0v) is 20.0. The Morgan fingerprint density at radius 1 is 1.00 bits per heavy atom. The van der Waals surface area contributed by atoms with Crippen LogP contribution in [0.2, 0.25) is 4.34 Å². The number of thiophene rings is 1. The number of halogens is 1. The summed E-state index contributed by atoms with van der Waals surface area (Å²) in [4.78, 5) is 3.71. The second-order valence-electron chi connectivity index (χ2n) is 7.71. The molecule has 1 atom stereocenters. The molecule has 7 heteroatoms. The summed E-state index contributed by atoms with van der Waals surface area (Å²) in [5.74, 6) is 1.94. The number of benzene rings is 2. The molecule has 32 heavy (non-hydrogen) atoms. The molecule has 1 N–H and O–H groups in total. The Labute approximate surface area is 198 Å². The van der Waals surface area contributed by atoms with E-state index in [2.05, 4.69) is 28.4 Å². The third kappa shape index (κ3) is 5.38. The van der Waals surface area contributed by atoms with Crippen LogP contribution in [0.4, 0.5) is 0 Å². The van der Waals surface area contributed by atoms with E-state index in [1.807, 2.05) is 36.4 Å². The Balaban J connectivity index is 1.70. The highest BCUT2D eigenvalue weighted by atomic mass is 35.5. The van der Waals surface area contributed by atoms with Crippen LogP contribution in [0.1, 0.15) is 28.5 Å².